The summed E-state index contributed by atoms with van der Waals surface area (Å²) in [5.74, 6) is 4.80. The van der Waals surface area contributed by atoms with Gasteiger partial charge in [-0.15, -0.1) is 0 Å². The molecule has 1 atom stereocenters. The van der Waals surface area contributed by atoms with Gasteiger partial charge >= 0.3 is 0 Å². The molecule has 3 rings (SSSR count). The van der Waals surface area contributed by atoms with Gasteiger partial charge in [0.15, 0.2) is 0 Å². The summed E-state index contributed by atoms with van der Waals surface area (Å²) < 4.78 is 0. The minimum atomic E-state index is 0. The number of benzene rings is 1. The molecular weight excluding hydrogens is 336 g/mol. The van der Waals surface area contributed by atoms with Gasteiger partial charge in [0.25, 0.3) is 0 Å². The molecule has 0 N–H and O–H groups in total. The molecule has 0 heterocycles. The second-order valence-corrected chi connectivity index (χ2v) is 9.64. The van der Waals surface area contributed by atoms with Crippen LogP contribution in [0.25, 0.3) is 0 Å². The van der Waals surface area contributed by atoms with Crippen LogP contribution in [0.15, 0.2) is 24.3 Å². The first kappa shape index (κ1) is 25.3. The van der Waals surface area contributed by atoms with Gasteiger partial charge in [-0.05, 0) is 85.7 Å². The van der Waals surface area contributed by atoms with Gasteiger partial charge in [0, 0.05) is 2.85 Å². The van der Waals surface area contributed by atoms with Crippen LogP contribution in [-0.4, -0.2) is 0 Å². The first-order chi connectivity index (χ1) is 12.7. The predicted octanol–water partition coefficient (Wildman–Crippen LogP) is 9.92. The van der Waals surface area contributed by atoms with E-state index in [2.05, 4.69) is 45.0 Å². The monoisotopic (exact) mass is 390 g/mol. The minimum absolute atomic E-state index is 0. The van der Waals surface area contributed by atoms with Crippen LogP contribution in [0.4, 0.5) is 0 Å². The molecule has 0 heteroatoms. The van der Waals surface area contributed by atoms with E-state index in [1.807, 2.05) is 0 Å². The summed E-state index contributed by atoms with van der Waals surface area (Å²) in [6.45, 7) is 7.02. The van der Waals surface area contributed by atoms with E-state index in [0.717, 1.165) is 29.6 Å². The maximum absolute atomic E-state index is 2.44. The SMILES string of the molecule is C.C.CCCC1CCC(C2CCC(c3ccc(CC(C)CC)cc3)CC2)CC1.[HH].[HH]. The van der Waals surface area contributed by atoms with Crippen molar-refractivity contribution in [1.82, 2.24) is 0 Å². The van der Waals surface area contributed by atoms with Crippen molar-refractivity contribution in [2.75, 3.05) is 0 Å². The minimum Gasteiger partial charge on any atom is -0.0776 e. The van der Waals surface area contributed by atoms with E-state index in [4.69, 9.17) is 0 Å². The average Bonchev–Trinajstić information content (AvgIpc) is 2.69. The van der Waals surface area contributed by atoms with Gasteiger partial charge in [0.1, 0.15) is 0 Å². The second-order valence-electron chi connectivity index (χ2n) is 9.64. The molecule has 1 unspecified atom stereocenters. The van der Waals surface area contributed by atoms with Gasteiger partial charge in [0.2, 0.25) is 0 Å². The first-order valence-electron chi connectivity index (χ1n) is 11.8. The van der Waals surface area contributed by atoms with Crippen LogP contribution in [-0.2, 0) is 6.42 Å². The van der Waals surface area contributed by atoms with Gasteiger partial charge in [-0.1, -0.05) is 92.0 Å². The van der Waals surface area contributed by atoms with Crippen molar-refractivity contribution in [1.29, 1.82) is 0 Å². The summed E-state index contributed by atoms with van der Waals surface area (Å²) >= 11 is 0. The molecule has 1 aromatic carbocycles. The van der Waals surface area contributed by atoms with Gasteiger partial charge < -0.3 is 0 Å². The molecule has 0 spiro atoms. The Morgan fingerprint density at radius 3 is 1.86 bits per heavy atom. The molecule has 1 aromatic rings. The Kier molecular flexibility index (Phi) is 11.5. The van der Waals surface area contributed by atoms with Gasteiger partial charge in [-0.25, -0.2) is 0 Å². The van der Waals surface area contributed by atoms with E-state index in [-0.39, 0.29) is 17.7 Å². The molecule has 0 nitrogen and oxygen atoms in total. The van der Waals surface area contributed by atoms with E-state index < -0.39 is 0 Å². The first-order valence-corrected chi connectivity index (χ1v) is 11.8. The summed E-state index contributed by atoms with van der Waals surface area (Å²) in [5, 5.41) is 0. The summed E-state index contributed by atoms with van der Waals surface area (Å²) in [5.41, 5.74) is 3.14. The van der Waals surface area contributed by atoms with Crippen molar-refractivity contribution in [3.05, 3.63) is 35.4 Å². The maximum atomic E-state index is 2.44. The largest absolute Gasteiger partial charge is 0.0776 e. The van der Waals surface area contributed by atoms with E-state index in [9.17, 15) is 0 Å². The van der Waals surface area contributed by atoms with Gasteiger partial charge in [-0.3, -0.25) is 0 Å². The highest BCUT2D eigenvalue weighted by molar-refractivity contribution is 5.26. The lowest BCUT2D eigenvalue weighted by Gasteiger charge is -2.38. The smallest absolute Gasteiger partial charge is 0 e. The van der Waals surface area contributed by atoms with Crippen LogP contribution in [0.5, 0.6) is 0 Å². The Hall–Kier alpha value is -0.780. The normalized spacial score (nSPS) is 28.7. The lowest BCUT2D eigenvalue weighted by molar-refractivity contribution is 0.156. The van der Waals surface area contributed by atoms with E-state index in [0.29, 0.717) is 0 Å². The van der Waals surface area contributed by atoms with E-state index in [1.165, 1.54) is 82.6 Å². The third-order valence-corrected chi connectivity index (χ3v) is 7.76. The van der Waals surface area contributed by atoms with Crippen molar-refractivity contribution in [2.45, 2.75) is 119 Å². The van der Waals surface area contributed by atoms with Gasteiger partial charge in [0.05, 0.1) is 0 Å². The molecule has 2 aliphatic rings. The van der Waals surface area contributed by atoms with Crippen molar-refractivity contribution in [3.8, 4) is 0 Å². The molecule has 2 saturated carbocycles. The third kappa shape index (κ3) is 6.93. The van der Waals surface area contributed by atoms with Crippen LogP contribution < -0.4 is 0 Å². The zero-order chi connectivity index (χ0) is 18.4. The maximum Gasteiger partial charge on any atom is 0 e. The highest BCUT2D eigenvalue weighted by Gasteiger charge is 2.31. The van der Waals surface area contributed by atoms with Crippen LogP contribution in [0.2, 0.25) is 0 Å². The van der Waals surface area contributed by atoms with Gasteiger partial charge in [-0.2, -0.15) is 0 Å². The summed E-state index contributed by atoms with van der Waals surface area (Å²) in [6, 6.07) is 9.70. The predicted molar refractivity (Wildman–Crippen MR) is 132 cm³/mol. The molecule has 0 bridgehead atoms. The van der Waals surface area contributed by atoms with Crippen LogP contribution in [0.1, 0.15) is 126 Å². The lowest BCUT2D eigenvalue weighted by Crippen LogP contribution is -2.25. The molecule has 28 heavy (non-hydrogen) atoms. The number of rotatable bonds is 7. The standard InChI is InChI=1S/C26H42.2CH4.2H2/c1-4-6-21-7-11-23(12-8-21)25-15-17-26(18-16-25)24-13-9-22(10-14-24)19-20(3)5-2;;;;/h9-10,13-14,20-21,23,25-26H,4-8,11-12,15-19H2,1-3H3;2*1H4;2*1H. The van der Waals surface area contributed by atoms with Crippen molar-refractivity contribution >= 4 is 0 Å². The molecule has 0 saturated heterocycles. The quantitative estimate of drug-likeness (QED) is 0.434. The lowest BCUT2D eigenvalue weighted by atomic mass is 9.68. The Morgan fingerprint density at radius 1 is 0.821 bits per heavy atom. The summed E-state index contributed by atoms with van der Waals surface area (Å²) in [7, 11) is 0. The third-order valence-electron chi connectivity index (χ3n) is 7.76. The van der Waals surface area contributed by atoms with Crippen LogP contribution in [0, 0.1) is 23.7 Å². The highest BCUT2D eigenvalue weighted by atomic mass is 14.4. The zero-order valence-electron chi connectivity index (χ0n) is 17.7. The molecule has 166 valence electrons. The molecule has 0 amide bonds. The fourth-order valence-electron chi connectivity index (χ4n) is 5.75. The number of hydrogen-bond acceptors (Lipinski definition) is 0. The van der Waals surface area contributed by atoms with E-state index in [1.54, 1.807) is 5.56 Å². The topological polar surface area (TPSA) is 0 Å². The fraction of sp³-hybridized carbons (Fsp3) is 0.786. The average molecular weight is 391 g/mol. The van der Waals surface area contributed by atoms with E-state index >= 15 is 0 Å². The highest BCUT2D eigenvalue weighted by Crippen LogP contribution is 2.44. The van der Waals surface area contributed by atoms with Crippen LogP contribution >= 0.6 is 0 Å². The molecule has 0 aromatic heterocycles. The zero-order valence-corrected chi connectivity index (χ0v) is 17.7. The molecular formula is C28H54. The Labute approximate surface area is 180 Å². The van der Waals surface area contributed by atoms with Crippen LogP contribution in [0.3, 0.4) is 0 Å². The molecule has 0 radical (unpaired) electrons. The summed E-state index contributed by atoms with van der Waals surface area (Å²) in [4.78, 5) is 0. The Bertz CT molecular complexity index is 508. The fourth-order valence-corrected chi connectivity index (χ4v) is 5.75. The van der Waals surface area contributed by atoms with Crippen molar-refractivity contribution in [3.63, 3.8) is 0 Å². The van der Waals surface area contributed by atoms with Crippen molar-refractivity contribution in [2.24, 2.45) is 23.7 Å². The van der Waals surface area contributed by atoms with Crippen molar-refractivity contribution < 1.29 is 2.85 Å². The Morgan fingerprint density at radius 2 is 1.36 bits per heavy atom. The Balaban J connectivity index is 0. The molecule has 0 aliphatic heterocycles. The summed E-state index contributed by atoms with van der Waals surface area (Å²) in [6.07, 6.45) is 17.3. The molecule has 2 fully saturated rings. The molecule has 2 aliphatic carbocycles. The second kappa shape index (κ2) is 12.7. The number of hydrogen-bond donors (Lipinski definition) is 0.